The molecule has 1 N–H and O–H groups in total. The first-order valence-electron chi connectivity index (χ1n) is 9.13. The largest absolute Gasteiger partial charge is 0.465 e. The number of rotatable bonds is 6. The van der Waals surface area contributed by atoms with Gasteiger partial charge in [-0.3, -0.25) is 24.3 Å². The van der Waals surface area contributed by atoms with Crippen LogP contribution >= 0.6 is 0 Å². The molecule has 0 aliphatic carbocycles. The number of esters is 1. The highest BCUT2D eigenvalue weighted by Crippen LogP contribution is 2.25. The van der Waals surface area contributed by atoms with E-state index in [2.05, 4.69) is 15.0 Å². The standard InChI is InChI=1S/C21H21N3O5/c1-12(2)11-24-19(26)16-5-4-13(9-17(16)20(24)27)18(25)23-10-15-8-14(6-7-22-15)21(28)29-3/h4-9,12H,10-11H2,1-3H3,(H,23,25). The molecular formula is C21H21N3O5. The predicted molar refractivity (Wildman–Crippen MR) is 103 cm³/mol. The minimum Gasteiger partial charge on any atom is -0.465 e. The van der Waals surface area contributed by atoms with Gasteiger partial charge in [-0.2, -0.15) is 0 Å². The van der Waals surface area contributed by atoms with Gasteiger partial charge >= 0.3 is 5.97 Å². The van der Waals surface area contributed by atoms with E-state index in [4.69, 9.17) is 0 Å². The van der Waals surface area contributed by atoms with Crippen molar-refractivity contribution in [3.05, 3.63) is 64.5 Å². The van der Waals surface area contributed by atoms with Gasteiger partial charge in [-0.15, -0.1) is 0 Å². The molecule has 8 heteroatoms. The fourth-order valence-electron chi connectivity index (χ4n) is 3.06. The van der Waals surface area contributed by atoms with Gasteiger partial charge in [0.2, 0.25) is 0 Å². The normalized spacial score (nSPS) is 12.9. The number of methoxy groups -OCH3 is 1. The lowest BCUT2D eigenvalue weighted by molar-refractivity contribution is 0.0597. The van der Waals surface area contributed by atoms with Crippen molar-refractivity contribution < 1.29 is 23.9 Å². The third-order valence-electron chi connectivity index (χ3n) is 4.45. The minimum absolute atomic E-state index is 0.0904. The molecule has 0 spiro atoms. The molecule has 2 heterocycles. The maximum atomic E-state index is 12.5. The second-order valence-electron chi connectivity index (χ2n) is 7.09. The maximum absolute atomic E-state index is 12.5. The van der Waals surface area contributed by atoms with Gasteiger partial charge in [0.15, 0.2) is 0 Å². The van der Waals surface area contributed by atoms with E-state index in [1.807, 2.05) is 13.8 Å². The summed E-state index contributed by atoms with van der Waals surface area (Å²) in [5.41, 5.74) is 1.62. The summed E-state index contributed by atoms with van der Waals surface area (Å²) in [5, 5.41) is 2.70. The molecule has 1 aromatic carbocycles. The van der Waals surface area contributed by atoms with Gasteiger partial charge < -0.3 is 10.1 Å². The van der Waals surface area contributed by atoms with Crippen molar-refractivity contribution in [2.75, 3.05) is 13.7 Å². The van der Waals surface area contributed by atoms with Crippen LogP contribution in [0.25, 0.3) is 0 Å². The summed E-state index contributed by atoms with van der Waals surface area (Å²) < 4.78 is 4.66. The Hall–Kier alpha value is -3.55. The lowest BCUT2D eigenvalue weighted by Gasteiger charge is -2.15. The van der Waals surface area contributed by atoms with Crippen LogP contribution in [0.4, 0.5) is 0 Å². The number of ether oxygens (including phenoxy) is 1. The summed E-state index contributed by atoms with van der Waals surface area (Å²) in [6.07, 6.45) is 1.46. The first-order valence-corrected chi connectivity index (χ1v) is 9.13. The lowest BCUT2D eigenvalue weighted by Crippen LogP contribution is -2.33. The number of aromatic nitrogens is 1. The van der Waals surface area contributed by atoms with E-state index < -0.39 is 11.9 Å². The third-order valence-corrected chi connectivity index (χ3v) is 4.45. The van der Waals surface area contributed by atoms with E-state index in [1.54, 1.807) is 0 Å². The first kappa shape index (κ1) is 20.2. The second-order valence-corrected chi connectivity index (χ2v) is 7.09. The Kier molecular flexibility index (Phi) is 5.72. The zero-order valence-corrected chi connectivity index (χ0v) is 16.4. The molecule has 3 rings (SSSR count). The number of carbonyl (C=O) groups is 4. The maximum Gasteiger partial charge on any atom is 0.337 e. The fourth-order valence-corrected chi connectivity index (χ4v) is 3.06. The molecule has 3 amide bonds. The Morgan fingerprint density at radius 1 is 1.07 bits per heavy atom. The molecule has 0 fully saturated rings. The second kappa shape index (κ2) is 8.22. The van der Waals surface area contributed by atoms with Crippen LogP contribution in [0.5, 0.6) is 0 Å². The summed E-state index contributed by atoms with van der Waals surface area (Å²) >= 11 is 0. The zero-order chi connectivity index (χ0) is 21.1. The lowest BCUT2D eigenvalue weighted by atomic mass is 10.1. The fraction of sp³-hybridized carbons (Fsp3) is 0.286. The number of nitrogens with one attached hydrogen (secondary N) is 1. The molecule has 8 nitrogen and oxygen atoms in total. The van der Waals surface area contributed by atoms with Crippen LogP contribution in [0.15, 0.2) is 36.5 Å². The van der Waals surface area contributed by atoms with Crippen molar-refractivity contribution >= 4 is 23.7 Å². The predicted octanol–water partition coefficient (Wildman–Crippen LogP) is 2.05. The SMILES string of the molecule is COC(=O)c1ccnc(CNC(=O)c2ccc3c(c2)C(=O)N(CC(C)C)C3=O)c1. The number of fused-ring (bicyclic) bond motifs is 1. The van der Waals surface area contributed by atoms with Gasteiger partial charge in [-0.25, -0.2) is 4.79 Å². The van der Waals surface area contributed by atoms with E-state index in [0.717, 1.165) is 0 Å². The van der Waals surface area contributed by atoms with Crippen molar-refractivity contribution in [2.24, 2.45) is 5.92 Å². The van der Waals surface area contributed by atoms with Crippen LogP contribution in [0.2, 0.25) is 0 Å². The van der Waals surface area contributed by atoms with Gasteiger partial charge in [0.25, 0.3) is 17.7 Å². The molecule has 0 atom stereocenters. The minimum atomic E-state index is -0.493. The average Bonchev–Trinajstić information content (AvgIpc) is 2.95. The number of imide groups is 1. The number of carbonyl (C=O) groups excluding carboxylic acids is 4. The Bertz CT molecular complexity index is 1000. The van der Waals surface area contributed by atoms with E-state index in [0.29, 0.717) is 23.4 Å². The molecule has 2 aromatic rings. The monoisotopic (exact) mass is 395 g/mol. The van der Waals surface area contributed by atoms with Gasteiger partial charge in [0.1, 0.15) is 0 Å². The molecule has 0 unspecified atom stereocenters. The van der Waals surface area contributed by atoms with Crippen LogP contribution < -0.4 is 5.32 Å². The molecule has 0 saturated carbocycles. The van der Waals surface area contributed by atoms with Crippen LogP contribution in [0.3, 0.4) is 0 Å². The van der Waals surface area contributed by atoms with Gasteiger partial charge in [-0.1, -0.05) is 13.8 Å². The molecular weight excluding hydrogens is 374 g/mol. The molecule has 29 heavy (non-hydrogen) atoms. The molecule has 0 radical (unpaired) electrons. The van der Waals surface area contributed by atoms with Gasteiger partial charge in [0, 0.05) is 18.3 Å². The van der Waals surface area contributed by atoms with Crippen LogP contribution in [0, 0.1) is 5.92 Å². The van der Waals surface area contributed by atoms with Crippen molar-refractivity contribution in [2.45, 2.75) is 20.4 Å². The number of nitrogens with zero attached hydrogens (tertiary/aromatic N) is 2. The summed E-state index contributed by atoms with van der Waals surface area (Å²) in [7, 11) is 1.28. The molecule has 0 saturated heterocycles. The molecule has 150 valence electrons. The van der Waals surface area contributed by atoms with Crippen LogP contribution in [-0.2, 0) is 11.3 Å². The van der Waals surface area contributed by atoms with Crippen LogP contribution in [-0.4, -0.2) is 47.2 Å². The number of amides is 3. The summed E-state index contributed by atoms with van der Waals surface area (Å²) in [5.74, 6) is -1.49. The molecule has 0 bridgehead atoms. The Labute approximate surface area is 167 Å². The topological polar surface area (TPSA) is 106 Å². The average molecular weight is 395 g/mol. The van der Waals surface area contributed by atoms with Gasteiger partial charge in [-0.05, 0) is 36.2 Å². The highest BCUT2D eigenvalue weighted by atomic mass is 16.5. The summed E-state index contributed by atoms with van der Waals surface area (Å²) in [4.78, 5) is 54.4. The highest BCUT2D eigenvalue weighted by Gasteiger charge is 2.36. The number of hydrogen-bond acceptors (Lipinski definition) is 6. The highest BCUT2D eigenvalue weighted by molar-refractivity contribution is 6.22. The summed E-state index contributed by atoms with van der Waals surface area (Å²) in [6.45, 7) is 4.26. The van der Waals surface area contributed by atoms with E-state index in [9.17, 15) is 19.2 Å². The Morgan fingerprint density at radius 2 is 1.79 bits per heavy atom. The third kappa shape index (κ3) is 4.16. The number of benzene rings is 1. The molecule has 1 aliphatic rings. The van der Waals surface area contributed by atoms with Crippen molar-refractivity contribution in [3.8, 4) is 0 Å². The van der Waals surface area contributed by atoms with E-state index in [-0.39, 0.29) is 35.4 Å². The number of pyridine rings is 1. The van der Waals surface area contributed by atoms with Crippen molar-refractivity contribution in [1.82, 2.24) is 15.2 Å². The van der Waals surface area contributed by atoms with E-state index >= 15 is 0 Å². The Morgan fingerprint density at radius 3 is 2.48 bits per heavy atom. The first-order chi connectivity index (χ1) is 13.8. The molecule has 1 aliphatic heterocycles. The smallest absolute Gasteiger partial charge is 0.337 e. The molecule has 1 aromatic heterocycles. The van der Waals surface area contributed by atoms with Crippen molar-refractivity contribution in [3.63, 3.8) is 0 Å². The number of hydrogen-bond donors (Lipinski definition) is 1. The van der Waals surface area contributed by atoms with Gasteiger partial charge in [0.05, 0.1) is 36.0 Å². The van der Waals surface area contributed by atoms with Crippen LogP contribution in [0.1, 0.15) is 61.0 Å². The van der Waals surface area contributed by atoms with Crippen molar-refractivity contribution in [1.29, 1.82) is 0 Å². The zero-order valence-electron chi connectivity index (χ0n) is 16.4. The summed E-state index contributed by atoms with van der Waals surface area (Å²) in [6, 6.07) is 7.49. The van der Waals surface area contributed by atoms with E-state index in [1.165, 1.54) is 48.5 Å². The quantitative estimate of drug-likeness (QED) is 0.593. The Balaban J connectivity index is 1.73.